The average molecular weight is 265 g/mol. The lowest BCUT2D eigenvalue weighted by atomic mass is 10.3. The number of rotatable bonds is 4. The molecular formula is C10H14Cl2N2O2. The Morgan fingerprint density at radius 1 is 1.56 bits per heavy atom. The minimum Gasteiger partial charge on any atom is -0.492 e. The summed E-state index contributed by atoms with van der Waals surface area (Å²) in [5, 5.41) is 3.06. The number of hydrogen-bond donors (Lipinski definition) is 2. The van der Waals surface area contributed by atoms with E-state index < -0.39 is 0 Å². The van der Waals surface area contributed by atoms with Crippen LogP contribution in [-0.4, -0.2) is 19.1 Å². The molecule has 0 bridgehead atoms. The number of ether oxygens (including phenoxy) is 1. The van der Waals surface area contributed by atoms with Crippen LogP contribution >= 0.6 is 24.0 Å². The third-order valence-corrected chi connectivity index (χ3v) is 2.00. The van der Waals surface area contributed by atoms with Gasteiger partial charge in [-0.3, -0.25) is 4.79 Å². The Hall–Kier alpha value is -0.970. The predicted octanol–water partition coefficient (Wildman–Crippen LogP) is 2.06. The van der Waals surface area contributed by atoms with Gasteiger partial charge in [-0.25, -0.2) is 0 Å². The molecule has 0 aromatic heterocycles. The Morgan fingerprint density at radius 3 is 2.75 bits per heavy atom. The fraction of sp³-hybridized carbons (Fsp3) is 0.300. The topological polar surface area (TPSA) is 64.3 Å². The van der Waals surface area contributed by atoms with Crippen molar-refractivity contribution in [3.05, 3.63) is 23.2 Å². The summed E-state index contributed by atoms with van der Waals surface area (Å²) in [7, 11) is 0. The van der Waals surface area contributed by atoms with E-state index in [2.05, 4.69) is 5.32 Å². The second kappa shape index (κ2) is 7.33. The second-order valence-corrected chi connectivity index (χ2v) is 3.24. The third-order valence-electron chi connectivity index (χ3n) is 1.70. The summed E-state index contributed by atoms with van der Waals surface area (Å²) < 4.78 is 5.25. The second-order valence-electron chi connectivity index (χ2n) is 2.83. The average Bonchev–Trinajstić information content (AvgIpc) is 2.22. The Kier molecular flexibility index (Phi) is 6.88. The molecule has 0 saturated carbocycles. The van der Waals surface area contributed by atoms with Crippen LogP contribution in [0.5, 0.6) is 5.75 Å². The van der Waals surface area contributed by atoms with Gasteiger partial charge in [0.1, 0.15) is 5.75 Å². The molecular weight excluding hydrogens is 251 g/mol. The number of hydrogen-bond acceptors (Lipinski definition) is 3. The maximum Gasteiger partial charge on any atom is 0.238 e. The SMILES string of the molecule is CCOc1ccc(NC(=O)CN)cc1Cl.Cl. The molecule has 1 aromatic carbocycles. The molecule has 4 nitrogen and oxygen atoms in total. The van der Waals surface area contributed by atoms with E-state index in [1.807, 2.05) is 6.92 Å². The van der Waals surface area contributed by atoms with E-state index in [-0.39, 0.29) is 24.9 Å². The van der Waals surface area contributed by atoms with Gasteiger partial charge >= 0.3 is 0 Å². The number of amides is 1. The van der Waals surface area contributed by atoms with Crippen molar-refractivity contribution in [3.63, 3.8) is 0 Å². The van der Waals surface area contributed by atoms with Gasteiger partial charge in [0.25, 0.3) is 0 Å². The molecule has 0 aliphatic rings. The Bertz CT molecular complexity index is 359. The van der Waals surface area contributed by atoms with Crippen molar-refractivity contribution in [3.8, 4) is 5.75 Å². The highest BCUT2D eigenvalue weighted by Gasteiger charge is 2.04. The van der Waals surface area contributed by atoms with Gasteiger partial charge in [0.15, 0.2) is 0 Å². The molecule has 1 amide bonds. The number of halogens is 2. The molecule has 1 rings (SSSR count). The molecule has 0 fully saturated rings. The number of benzene rings is 1. The van der Waals surface area contributed by atoms with Crippen molar-refractivity contribution >= 4 is 35.6 Å². The number of nitrogens with two attached hydrogens (primary N) is 1. The van der Waals surface area contributed by atoms with Gasteiger partial charge in [0.05, 0.1) is 18.2 Å². The van der Waals surface area contributed by atoms with E-state index in [1.165, 1.54) is 0 Å². The van der Waals surface area contributed by atoms with Crippen molar-refractivity contribution in [1.82, 2.24) is 0 Å². The summed E-state index contributed by atoms with van der Waals surface area (Å²) in [5.41, 5.74) is 5.78. The van der Waals surface area contributed by atoms with Crippen molar-refractivity contribution in [2.75, 3.05) is 18.5 Å². The lowest BCUT2D eigenvalue weighted by Crippen LogP contribution is -2.21. The maximum atomic E-state index is 11.0. The van der Waals surface area contributed by atoms with E-state index in [4.69, 9.17) is 22.1 Å². The summed E-state index contributed by atoms with van der Waals surface area (Å²) >= 11 is 5.93. The van der Waals surface area contributed by atoms with Gasteiger partial charge < -0.3 is 15.8 Å². The fourth-order valence-electron chi connectivity index (χ4n) is 1.06. The molecule has 0 radical (unpaired) electrons. The zero-order valence-corrected chi connectivity index (χ0v) is 10.4. The first-order valence-corrected chi connectivity index (χ1v) is 4.97. The van der Waals surface area contributed by atoms with Crippen molar-refractivity contribution in [2.45, 2.75) is 6.92 Å². The van der Waals surface area contributed by atoms with Crippen molar-refractivity contribution in [2.24, 2.45) is 5.73 Å². The van der Waals surface area contributed by atoms with Crippen LogP contribution in [0.15, 0.2) is 18.2 Å². The van der Waals surface area contributed by atoms with Gasteiger partial charge in [-0.1, -0.05) is 11.6 Å². The van der Waals surface area contributed by atoms with Gasteiger partial charge in [-0.2, -0.15) is 0 Å². The van der Waals surface area contributed by atoms with Crippen LogP contribution in [0.3, 0.4) is 0 Å². The predicted molar refractivity (Wildman–Crippen MR) is 67.6 cm³/mol. The first-order chi connectivity index (χ1) is 7.17. The van der Waals surface area contributed by atoms with Gasteiger partial charge in [0.2, 0.25) is 5.91 Å². The number of nitrogens with one attached hydrogen (secondary N) is 1. The maximum absolute atomic E-state index is 11.0. The van der Waals surface area contributed by atoms with Crippen LogP contribution < -0.4 is 15.8 Å². The molecule has 0 unspecified atom stereocenters. The van der Waals surface area contributed by atoms with Gasteiger partial charge in [-0.15, -0.1) is 12.4 Å². The lowest BCUT2D eigenvalue weighted by molar-refractivity contribution is -0.114. The van der Waals surface area contributed by atoms with Crippen LogP contribution in [0.2, 0.25) is 5.02 Å². The van der Waals surface area contributed by atoms with Gasteiger partial charge in [0, 0.05) is 5.69 Å². The molecule has 16 heavy (non-hydrogen) atoms. The van der Waals surface area contributed by atoms with Crippen LogP contribution in [0.25, 0.3) is 0 Å². The van der Waals surface area contributed by atoms with E-state index >= 15 is 0 Å². The van der Waals surface area contributed by atoms with Crippen LogP contribution in [0.1, 0.15) is 6.92 Å². The molecule has 3 N–H and O–H groups in total. The number of carbonyl (C=O) groups is 1. The molecule has 0 heterocycles. The Labute approximate surface area is 106 Å². The van der Waals surface area contributed by atoms with E-state index in [1.54, 1.807) is 18.2 Å². The quantitative estimate of drug-likeness (QED) is 0.875. The first kappa shape index (κ1) is 15.0. The van der Waals surface area contributed by atoms with E-state index in [0.29, 0.717) is 23.1 Å². The highest BCUT2D eigenvalue weighted by molar-refractivity contribution is 6.32. The minimum atomic E-state index is -0.254. The van der Waals surface area contributed by atoms with Crippen LogP contribution in [-0.2, 0) is 4.79 Å². The highest BCUT2D eigenvalue weighted by atomic mass is 35.5. The summed E-state index contributed by atoms with van der Waals surface area (Å²) in [6, 6.07) is 5.04. The summed E-state index contributed by atoms with van der Waals surface area (Å²) in [6.07, 6.45) is 0. The number of anilines is 1. The Balaban J connectivity index is 0.00000225. The third kappa shape index (κ3) is 4.26. The first-order valence-electron chi connectivity index (χ1n) is 4.59. The number of carbonyl (C=O) groups excluding carboxylic acids is 1. The summed E-state index contributed by atoms with van der Waals surface area (Å²) in [6.45, 7) is 2.37. The van der Waals surface area contributed by atoms with E-state index in [9.17, 15) is 4.79 Å². The molecule has 0 aliphatic heterocycles. The molecule has 6 heteroatoms. The Morgan fingerprint density at radius 2 is 2.25 bits per heavy atom. The molecule has 0 atom stereocenters. The zero-order valence-electron chi connectivity index (χ0n) is 8.83. The van der Waals surface area contributed by atoms with E-state index in [0.717, 1.165) is 0 Å². The largest absolute Gasteiger partial charge is 0.492 e. The zero-order chi connectivity index (χ0) is 11.3. The lowest BCUT2D eigenvalue weighted by Gasteiger charge is -2.08. The summed E-state index contributed by atoms with van der Waals surface area (Å²) in [4.78, 5) is 11.0. The van der Waals surface area contributed by atoms with Crippen molar-refractivity contribution < 1.29 is 9.53 Å². The highest BCUT2D eigenvalue weighted by Crippen LogP contribution is 2.27. The molecule has 0 spiro atoms. The molecule has 1 aromatic rings. The summed E-state index contributed by atoms with van der Waals surface area (Å²) in [5.74, 6) is 0.347. The van der Waals surface area contributed by atoms with Crippen molar-refractivity contribution in [1.29, 1.82) is 0 Å². The minimum absolute atomic E-state index is 0. The van der Waals surface area contributed by atoms with Gasteiger partial charge in [-0.05, 0) is 25.1 Å². The van der Waals surface area contributed by atoms with Crippen LogP contribution in [0, 0.1) is 0 Å². The monoisotopic (exact) mass is 264 g/mol. The van der Waals surface area contributed by atoms with Crippen LogP contribution in [0.4, 0.5) is 5.69 Å². The normalized spacial score (nSPS) is 9.19. The molecule has 0 aliphatic carbocycles. The smallest absolute Gasteiger partial charge is 0.238 e. The molecule has 0 saturated heterocycles. The fourth-order valence-corrected chi connectivity index (χ4v) is 1.30. The molecule has 90 valence electrons. The standard InChI is InChI=1S/C10H13ClN2O2.ClH/c1-2-15-9-4-3-7(5-8(9)11)13-10(14)6-12;/h3-5H,2,6,12H2,1H3,(H,13,14);1H.